The van der Waals surface area contributed by atoms with Crippen LogP contribution in [0.4, 0.5) is 0 Å². The van der Waals surface area contributed by atoms with Crippen LogP contribution in [-0.4, -0.2) is 39.3 Å². The third-order valence-electron chi connectivity index (χ3n) is 2.90. The van der Waals surface area contributed by atoms with E-state index < -0.39 is 0 Å². The second kappa shape index (κ2) is 4.93. The summed E-state index contributed by atoms with van der Waals surface area (Å²) < 4.78 is 5.15. The van der Waals surface area contributed by atoms with Crippen molar-refractivity contribution in [2.75, 3.05) is 13.1 Å². The second-order valence-corrected chi connectivity index (χ2v) is 4.71. The fourth-order valence-corrected chi connectivity index (χ4v) is 1.84. The lowest BCUT2D eigenvalue weighted by Crippen LogP contribution is -2.35. The number of hydrogen-bond donors (Lipinski definition) is 1. The summed E-state index contributed by atoms with van der Waals surface area (Å²) in [6, 6.07) is 0. The number of hydrogen-bond acceptors (Lipinski definition) is 5. The van der Waals surface area contributed by atoms with E-state index in [1.165, 1.54) is 0 Å². The quantitative estimate of drug-likeness (QED) is 0.836. The number of rotatable bonds is 3. The van der Waals surface area contributed by atoms with Gasteiger partial charge in [0.25, 0.3) is 0 Å². The molecule has 1 aromatic heterocycles. The number of piperidine rings is 1. The van der Waals surface area contributed by atoms with E-state index in [2.05, 4.69) is 15.0 Å². The van der Waals surface area contributed by atoms with Gasteiger partial charge >= 0.3 is 0 Å². The number of nitrogens with zero attached hydrogens (tertiary/aromatic N) is 3. The van der Waals surface area contributed by atoms with E-state index >= 15 is 0 Å². The topological polar surface area (TPSA) is 62.4 Å². The van der Waals surface area contributed by atoms with Crippen LogP contribution >= 0.6 is 0 Å². The van der Waals surface area contributed by atoms with Crippen LogP contribution in [0.1, 0.15) is 44.3 Å². The standard InChI is InChI=1S/C11H19N3O2/c1-8(2)11-12-10(13-16-11)7-14-5-3-9(15)4-6-14/h8-9,15H,3-7H2,1-2H3. The lowest BCUT2D eigenvalue weighted by molar-refractivity contribution is 0.0777. The number of aliphatic hydroxyl groups is 1. The fourth-order valence-electron chi connectivity index (χ4n) is 1.84. The molecule has 2 heterocycles. The average molecular weight is 225 g/mol. The molecule has 1 N–H and O–H groups in total. The summed E-state index contributed by atoms with van der Waals surface area (Å²) in [4.78, 5) is 6.59. The van der Waals surface area contributed by atoms with Gasteiger partial charge in [0.15, 0.2) is 5.82 Å². The van der Waals surface area contributed by atoms with E-state index in [0.29, 0.717) is 5.89 Å². The van der Waals surface area contributed by atoms with Gasteiger partial charge in [-0.2, -0.15) is 4.98 Å². The molecule has 0 amide bonds. The van der Waals surface area contributed by atoms with Crippen LogP contribution in [0.2, 0.25) is 0 Å². The highest BCUT2D eigenvalue weighted by atomic mass is 16.5. The molecule has 0 spiro atoms. The van der Waals surface area contributed by atoms with Crippen LogP contribution in [0.5, 0.6) is 0 Å². The Hall–Kier alpha value is -0.940. The van der Waals surface area contributed by atoms with E-state index in [1.54, 1.807) is 0 Å². The van der Waals surface area contributed by atoms with Crippen molar-refractivity contribution in [2.45, 2.75) is 45.3 Å². The van der Waals surface area contributed by atoms with Gasteiger partial charge in [-0.25, -0.2) is 0 Å². The van der Waals surface area contributed by atoms with Crippen LogP contribution < -0.4 is 0 Å². The largest absolute Gasteiger partial charge is 0.393 e. The molecule has 0 atom stereocenters. The van der Waals surface area contributed by atoms with Crippen molar-refractivity contribution in [2.24, 2.45) is 0 Å². The average Bonchev–Trinajstić information content (AvgIpc) is 2.70. The first-order chi connectivity index (χ1) is 7.65. The predicted octanol–water partition coefficient (Wildman–Crippen LogP) is 1.15. The van der Waals surface area contributed by atoms with Crippen molar-refractivity contribution in [1.82, 2.24) is 15.0 Å². The van der Waals surface area contributed by atoms with Gasteiger partial charge in [0.05, 0.1) is 12.6 Å². The van der Waals surface area contributed by atoms with Crippen LogP contribution in [0.25, 0.3) is 0 Å². The summed E-state index contributed by atoms with van der Waals surface area (Å²) in [7, 11) is 0. The summed E-state index contributed by atoms with van der Waals surface area (Å²) in [5.41, 5.74) is 0. The molecule has 0 unspecified atom stereocenters. The van der Waals surface area contributed by atoms with E-state index in [4.69, 9.17) is 4.52 Å². The molecule has 1 aliphatic heterocycles. The first-order valence-corrected chi connectivity index (χ1v) is 5.88. The molecule has 16 heavy (non-hydrogen) atoms. The monoisotopic (exact) mass is 225 g/mol. The van der Waals surface area contributed by atoms with Crippen molar-refractivity contribution in [3.63, 3.8) is 0 Å². The molecule has 90 valence electrons. The molecular formula is C11H19N3O2. The lowest BCUT2D eigenvalue weighted by atomic mass is 10.1. The minimum atomic E-state index is -0.132. The Bertz CT molecular complexity index is 330. The molecule has 0 saturated carbocycles. The molecule has 5 heteroatoms. The fraction of sp³-hybridized carbons (Fsp3) is 0.818. The minimum absolute atomic E-state index is 0.132. The summed E-state index contributed by atoms with van der Waals surface area (Å²) in [5.74, 6) is 1.73. The zero-order valence-corrected chi connectivity index (χ0v) is 9.89. The van der Waals surface area contributed by atoms with Gasteiger partial charge < -0.3 is 9.63 Å². The maximum Gasteiger partial charge on any atom is 0.229 e. The highest BCUT2D eigenvalue weighted by Gasteiger charge is 2.19. The Morgan fingerprint density at radius 2 is 2.12 bits per heavy atom. The number of aromatic nitrogens is 2. The Kier molecular flexibility index (Phi) is 3.56. The summed E-state index contributed by atoms with van der Waals surface area (Å²) >= 11 is 0. The predicted molar refractivity (Wildman–Crippen MR) is 58.9 cm³/mol. The summed E-state index contributed by atoms with van der Waals surface area (Å²) in [5, 5.41) is 13.4. The van der Waals surface area contributed by atoms with Crippen molar-refractivity contribution in [3.05, 3.63) is 11.7 Å². The SMILES string of the molecule is CC(C)c1nc(CN2CCC(O)CC2)no1. The molecule has 1 aromatic rings. The molecule has 5 nitrogen and oxygen atoms in total. The van der Waals surface area contributed by atoms with Crippen LogP contribution in [0, 0.1) is 0 Å². The van der Waals surface area contributed by atoms with Gasteiger partial charge in [-0.1, -0.05) is 19.0 Å². The molecule has 0 aromatic carbocycles. The highest BCUT2D eigenvalue weighted by molar-refractivity contribution is 4.91. The Morgan fingerprint density at radius 1 is 1.44 bits per heavy atom. The van der Waals surface area contributed by atoms with Crippen molar-refractivity contribution >= 4 is 0 Å². The van der Waals surface area contributed by atoms with Gasteiger partial charge in [0.2, 0.25) is 5.89 Å². The normalized spacial score (nSPS) is 19.5. The van der Waals surface area contributed by atoms with Gasteiger partial charge in [0.1, 0.15) is 0 Å². The minimum Gasteiger partial charge on any atom is -0.393 e. The first kappa shape index (κ1) is 11.5. The molecule has 1 saturated heterocycles. The molecule has 1 fully saturated rings. The maximum absolute atomic E-state index is 9.39. The van der Waals surface area contributed by atoms with E-state index in [1.807, 2.05) is 13.8 Å². The molecule has 2 rings (SSSR count). The summed E-state index contributed by atoms with van der Waals surface area (Å²) in [6.07, 6.45) is 1.55. The smallest absolute Gasteiger partial charge is 0.229 e. The zero-order valence-electron chi connectivity index (χ0n) is 9.89. The number of aliphatic hydroxyl groups excluding tert-OH is 1. The third-order valence-corrected chi connectivity index (χ3v) is 2.90. The first-order valence-electron chi connectivity index (χ1n) is 5.88. The van der Waals surface area contributed by atoms with Crippen molar-refractivity contribution < 1.29 is 9.63 Å². The van der Waals surface area contributed by atoms with Crippen LogP contribution in [0.15, 0.2) is 4.52 Å². The van der Waals surface area contributed by atoms with E-state index in [9.17, 15) is 5.11 Å². The van der Waals surface area contributed by atoms with Gasteiger partial charge in [-0.15, -0.1) is 0 Å². The van der Waals surface area contributed by atoms with Crippen molar-refractivity contribution in [3.8, 4) is 0 Å². The molecular weight excluding hydrogens is 206 g/mol. The van der Waals surface area contributed by atoms with E-state index in [-0.39, 0.29) is 12.0 Å². The number of likely N-dealkylation sites (tertiary alicyclic amines) is 1. The third kappa shape index (κ3) is 2.80. The van der Waals surface area contributed by atoms with E-state index in [0.717, 1.165) is 38.3 Å². The second-order valence-electron chi connectivity index (χ2n) is 4.71. The Morgan fingerprint density at radius 3 is 2.69 bits per heavy atom. The lowest BCUT2D eigenvalue weighted by Gasteiger charge is -2.28. The van der Waals surface area contributed by atoms with Gasteiger partial charge in [0, 0.05) is 19.0 Å². The highest BCUT2D eigenvalue weighted by Crippen LogP contribution is 2.14. The van der Waals surface area contributed by atoms with Crippen LogP contribution in [0.3, 0.4) is 0 Å². The molecule has 0 bridgehead atoms. The maximum atomic E-state index is 9.39. The van der Waals surface area contributed by atoms with Crippen LogP contribution in [-0.2, 0) is 6.54 Å². The molecule has 1 aliphatic rings. The Balaban J connectivity index is 1.88. The van der Waals surface area contributed by atoms with Gasteiger partial charge in [-0.3, -0.25) is 4.90 Å². The summed E-state index contributed by atoms with van der Waals surface area (Å²) in [6.45, 7) is 6.62. The Labute approximate surface area is 95.4 Å². The van der Waals surface area contributed by atoms with Gasteiger partial charge in [-0.05, 0) is 12.8 Å². The molecule has 0 aliphatic carbocycles. The zero-order chi connectivity index (χ0) is 11.5. The van der Waals surface area contributed by atoms with Crippen molar-refractivity contribution in [1.29, 1.82) is 0 Å². The molecule has 0 radical (unpaired) electrons.